The van der Waals surface area contributed by atoms with Gasteiger partial charge in [0.1, 0.15) is 11.6 Å². The van der Waals surface area contributed by atoms with Gasteiger partial charge in [-0.05, 0) is 84.9 Å². The zero-order valence-electron chi connectivity index (χ0n) is 19.3. The quantitative estimate of drug-likeness (QED) is 0.247. The number of hydrogen-bond donors (Lipinski definition) is 4. The average Bonchev–Trinajstić information content (AvgIpc) is 3.63. The minimum Gasteiger partial charge on any atom is -0.342 e. The Morgan fingerprint density at radius 1 is 0.882 bits per heavy atom. The predicted molar refractivity (Wildman–Crippen MR) is 139 cm³/mol. The monoisotopic (exact) mass is 450 g/mol. The van der Waals surface area contributed by atoms with Crippen LogP contribution in [-0.2, 0) is 6.42 Å². The predicted octanol–water partition coefficient (Wildman–Crippen LogP) is 5.48. The van der Waals surface area contributed by atoms with Crippen molar-refractivity contribution in [2.75, 3.05) is 13.1 Å². The minimum absolute atomic E-state index is 0.347. The normalized spacial score (nSPS) is 16.1. The number of fused-ring (bicyclic) bond motifs is 2. The molecule has 0 bridgehead atoms. The third-order valence-corrected chi connectivity index (χ3v) is 6.87. The Kier molecular flexibility index (Phi) is 5.61. The fraction of sp³-hybridized carbons (Fsp3) is 0.286. The Balaban J connectivity index is 1.29. The number of aromatic amines is 2. The fourth-order valence-electron chi connectivity index (χ4n) is 4.97. The summed E-state index contributed by atoms with van der Waals surface area (Å²) in [6.07, 6.45) is 7.33. The summed E-state index contributed by atoms with van der Waals surface area (Å²) in [5, 5.41) is 5.96. The van der Waals surface area contributed by atoms with Crippen molar-refractivity contribution in [3.05, 3.63) is 72.4 Å². The number of nitrogens with zero attached hydrogens (tertiary/aromatic N) is 2. The van der Waals surface area contributed by atoms with Gasteiger partial charge in [0.05, 0.1) is 29.0 Å². The van der Waals surface area contributed by atoms with E-state index >= 15 is 0 Å². The molecule has 6 heteroatoms. The van der Waals surface area contributed by atoms with E-state index in [0.29, 0.717) is 6.04 Å². The maximum Gasteiger partial charge on any atom is 0.123 e. The maximum absolute atomic E-state index is 5.62. The zero-order valence-corrected chi connectivity index (χ0v) is 19.3. The summed E-state index contributed by atoms with van der Waals surface area (Å²) in [5.41, 5.74) is 12.3. The van der Waals surface area contributed by atoms with Crippen molar-refractivity contribution < 1.29 is 0 Å². The number of H-pyrrole nitrogens is 2. The number of nitrogens with two attached hydrogens (primary N) is 1. The molecule has 0 radical (unpaired) electrons. The second-order valence-corrected chi connectivity index (χ2v) is 9.27. The molecule has 0 aliphatic carbocycles. The number of nitrogens with one attached hydrogen (secondary N) is 3. The molecule has 3 heterocycles. The number of aromatic nitrogens is 4. The van der Waals surface area contributed by atoms with E-state index in [1.807, 2.05) is 6.20 Å². The molecule has 1 saturated heterocycles. The van der Waals surface area contributed by atoms with Crippen molar-refractivity contribution in [2.45, 2.75) is 38.1 Å². The molecule has 0 amide bonds. The molecule has 0 saturated carbocycles. The number of imidazole rings is 2. The van der Waals surface area contributed by atoms with E-state index in [2.05, 4.69) is 74.9 Å². The molecule has 2 aromatic heterocycles. The molecular weight excluding hydrogens is 420 g/mol. The molecule has 3 aromatic carbocycles. The summed E-state index contributed by atoms with van der Waals surface area (Å²) in [6.45, 7) is 1.80. The Hall–Kier alpha value is -3.48. The zero-order chi connectivity index (χ0) is 22.9. The van der Waals surface area contributed by atoms with Crippen LogP contribution in [0.25, 0.3) is 44.2 Å². The van der Waals surface area contributed by atoms with Crippen LogP contribution in [-0.4, -0.2) is 33.0 Å². The lowest BCUT2D eigenvalue weighted by Gasteiger charge is -2.07. The number of aryl methyl sites for hydroxylation is 1. The number of hydrogen-bond acceptors (Lipinski definition) is 4. The van der Waals surface area contributed by atoms with E-state index in [4.69, 9.17) is 10.7 Å². The third-order valence-electron chi connectivity index (χ3n) is 6.87. The van der Waals surface area contributed by atoms with Gasteiger partial charge in [-0.15, -0.1) is 0 Å². The first kappa shape index (κ1) is 21.1. The maximum atomic E-state index is 5.62. The Bertz CT molecular complexity index is 1440. The standard InChI is InChI=1S/C28H30N6/c29-12-2-1-5-27-32-23-11-10-20(16-25(23)33-27)19-8-6-18-7-9-21(15-22(18)14-19)26-17-31-28(34-26)24-4-3-13-30-24/h6-11,14-17,24,30H,1-5,12-13,29H2,(H,31,34)(H,32,33)/t24-/m0/s1. The molecule has 1 aliphatic heterocycles. The van der Waals surface area contributed by atoms with Crippen LogP contribution in [0, 0.1) is 0 Å². The van der Waals surface area contributed by atoms with Crippen molar-refractivity contribution in [3.63, 3.8) is 0 Å². The first-order valence-corrected chi connectivity index (χ1v) is 12.3. The van der Waals surface area contributed by atoms with Gasteiger partial charge in [-0.3, -0.25) is 0 Å². The average molecular weight is 451 g/mol. The largest absolute Gasteiger partial charge is 0.342 e. The topological polar surface area (TPSA) is 95.4 Å². The molecule has 0 unspecified atom stereocenters. The first-order chi connectivity index (χ1) is 16.8. The lowest BCUT2D eigenvalue weighted by Crippen LogP contribution is -2.14. The van der Waals surface area contributed by atoms with Gasteiger partial charge < -0.3 is 21.0 Å². The van der Waals surface area contributed by atoms with Gasteiger partial charge in [0.2, 0.25) is 0 Å². The highest BCUT2D eigenvalue weighted by Gasteiger charge is 2.19. The van der Waals surface area contributed by atoms with Gasteiger partial charge in [-0.2, -0.15) is 0 Å². The molecule has 5 N–H and O–H groups in total. The van der Waals surface area contributed by atoms with E-state index in [0.717, 1.165) is 72.7 Å². The second-order valence-electron chi connectivity index (χ2n) is 9.27. The molecule has 1 aliphatic rings. The number of benzene rings is 3. The fourth-order valence-corrected chi connectivity index (χ4v) is 4.97. The van der Waals surface area contributed by atoms with Gasteiger partial charge in [-0.1, -0.05) is 30.3 Å². The van der Waals surface area contributed by atoms with E-state index in [1.54, 1.807) is 0 Å². The second kappa shape index (κ2) is 9.05. The highest BCUT2D eigenvalue weighted by atomic mass is 15.0. The Morgan fingerprint density at radius 2 is 1.71 bits per heavy atom. The summed E-state index contributed by atoms with van der Waals surface area (Å²) in [7, 11) is 0. The molecule has 34 heavy (non-hydrogen) atoms. The first-order valence-electron chi connectivity index (χ1n) is 12.3. The van der Waals surface area contributed by atoms with Gasteiger partial charge in [0, 0.05) is 12.0 Å². The lowest BCUT2D eigenvalue weighted by molar-refractivity contribution is 0.613. The molecule has 5 aromatic rings. The van der Waals surface area contributed by atoms with Crippen LogP contribution < -0.4 is 11.1 Å². The summed E-state index contributed by atoms with van der Waals surface area (Å²) < 4.78 is 0. The van der Waals surface area contributed by atoms with E-state index < -0.39 is 0 Å². The summed E-state index contributed by atoms with van der Waals surface area (Å²) in [4.78, 5) is 16.4. The SMILES string of the molecule is NCCCCc1nc2ccc(-c3ccc4ccc(-c5cnc([C@@H]6CCCN6)[nH]5)cc4c3)cc2[nH]1. The highest BCUT2D eigenvalue weighted by Crippen LogP contribution is 2.30. The van der Waals surface area contributed by atoms with Gasteiger partial charge in [0.15, 0.2) is 0 Å². The number of rotatable bonds is 7. The van der Waals surface area contributed by atoms with Crippen molar-refractivity contribution in [3.8, 4) is 22.4 Å². The molecule has 172 valence electrons. The minimum atomic E-state index is 0.347. The molecule has 0 spiro atoms. The lowest BCUT2D eigenvalue weighted by atomic mass is 9.99. The van der Waals surface area contributed by atoms with Crippen LogP contribution in [0.2, 0.25) is 0 Å². The molecule has 1 fully saturated rings. The van der Waals surface area contributed by atoms with E-state index in [1.165, 1.54) is 28.3 Å². The Labute approximate surface area is 199 Å². The van der Waals surface area contributed by atoms with Crippen molar-refractivity contribution >= 4 is 21.8 Å². The summed E-state index contributed by atoms with van der Waals surface area (Å²) >= 11 is 0. The van der Waals surface area contributed by atoms with Gasteiger partial charge >= 0.3 is 0 Å². The van der Waals surface area contributed by atoms with Gasteiger partial charge in [-0.25, -0.2) is 9.97 Å². The van der Waals surface area contributed by atoms with Crippen LogP contribution in [0.4, 0.5) is 0 Å². The van der Waals surface area contributed by atoms with Crippen molar-refractivity contribution in [1.82, 2.24) is 25.3 Å². The van der Waals surface area contributed by atoms with Crippen LogP contribution in [0.15, 0.2) is 60.8 Å². The molecule has 6 nitrogen and oxygen atoms in total. The van der Waals surface area contributed by atoms with Crippen molar-refractivity contribution in [2.24, 2.45) is 5.73 Å². The third kappa shape index (κ3) is 4.11. The summed E-state index contributed by atoms with van der Waals surface area (Å²) in [6, 6.07) is 20.1. The number of unbranched alkanes of at least 4 members (excludes halogenated alkanes) is 1. The van der Waals surface area contributed by atoms with Crippen LogP contribution >= 0.6 is 0 Å². The van der Waals surface area contributed by atoms with Crippen LogP contribution in [0.5, 0.6) is 0 Å². The van der Waals surface area contributed by atoms with Crippen molar-refractivity contribution in [1.29, 1.82) is 0 Å². The smallest absolute Gasteiger partial charge is 0.123 e. The molecule has 1 atom stereocenters. The van der Waals surface area contributed by atoms with Gasteiger partial charge in [0.25, 0.3) is 0 Å². The van der Waals surface area contributed by atoms with E-state index in [9.17, 15) is 0 Å². The van der Waals surface area contributed by atoms with E-state index in [-0.39, 0.29) is 0 Å². The highest BCUT2D eigenvalue weighted by molar-refractivity contribution is 5.91. The van der Waals surface area contributed by atoms with Crippen LogP contribution in [0.1, 0.15) is 43.4 Å². The van der Waals surface area contributed by atoms with Crippen LogP contribution in [0.3, 0.4) is 0 Å². The molecule has 6 rings (SSSR count). The molecular formula is C28H30N6. The summed E-state index contributed by atoms with van der Waals surface area (Å²) in [5.74, 6) is 2.08. The Morgan fingerprint density at radius 3 is 2.56 bits per heavy atom.